The lowest BCUT2D eigenvalue weighted by atomic mass is 9.97. The van der Waals surface area contributed by atoms with E-state index in [1.165, 1.54) is 0 Å². The number of oxazole rings is 1. The van der Waals surface area contributed by atoms with E-state index in [-0.39, 0.29) is 24.5 Å². The minimum Gasteiger partial charge on any atom is -0.440 e. The van der Waals surface area contributed by atoms with Gasteiger partial charge in [0, 0.05) is 16.1 Å². The number of halogens is 1. The van der Waals surface area contributed by atoms with E-state index in [9.17, 15) is 4.79 Å². The highest BCUT2D eigenvalue weighted by molar-refractivity contribution is 6.31. The lowest BCUT2D eigenvalue weighted by Gasteiger charge is -2.11. The van der Waals surface area contributed by atoms with Gasteiger partial charge in [0.15, 0.2) is 5.58 Å². The molecule has 0 radical (unpaired) electrons. The number of carbonyl (C=O) groups is 1. The highest BCUT2D eigenvalue weighted by atomic mass is 35.5. The van der Waals surface area contributed by atoms with Crippen LogP contribution in [0.2, 0.25) is 5.02 Å². The van der Waals surface area contributed by atoms with E-state index in [1.807, 2.05) is 39.0 Å². The molecule has 1 heterocycles. The van der Waals surface area contributed by atoms with Crippen LogP contribution >= 0.6 is 11.6 Å². The number of rotatable bonds is 5. The molecular weight excluding hydrogens is 352 g/mol. The largest absolute Gasteiger partial charge is 0.440 e. The first-order valence-corrected chi connectivity index (χ1v) is 8.73. The zero-order valence-corrected chi connectivity index (χ0v) is 15.8. The molecule has 0 atom stereocenters. The predicted octanol–water partition coefficient (Wildman–Crippen LogP) is 4.93. The van der Waals surface area contributed by atoms with Crippen LogP contribution in [-0.2, 0) is 21.6 Å². The fourth-order valence-electron chi connectivity index (χ4n) is 2.39. The SMILES string of the molecule is CC(C)(C)c1nc2cc(NC(=O)COCc3ccccc3Cl)ccc2o1. The zero-order chi connectivity index (χ0) is 18.7. The van der Waals surface area contributed by atoms with Gasteiger partial charge < -0.3 is 14.5 Å². The lowest BCUT2D eigenvalue weighted by molar-refractivity contribution is -0.121. The van der Waals surface area contributed by atoms with Gasteiger partial charge >= 0.3 is 0 Å². The van der Waals surface area contributed by atoms with Crippen molar-refractivity contribution >= 4 is 34.3 Å². The fraction of sp³-hybridized carbons (Fsp3) is 0.300. The van der Waals surface area contributed by atoms with E-state index < -0.39 is 0 Å². The number of nitrogens with one attached hydrogen (secondary N) is 1. The molecule has 3 rings (SSSR count). The van der Waals surface area contributed by atoms with Crippen molar-refractivity contribution in [3.8, 4) is 0 Å². The summed E-state index contributed by atoms with van der Waals surface area (Å²) in [5.41, 5.74) is 2.74. The number of ether oxygens (including phenoxy) is 1. The Balaban J connectivity index is 1.59. The van der Waals surface area contributed by atoms with Crippen molar-refractivity contribution in [1.29, 1.82) is 0 Å². The summed E-state index contributed by atoms with van der Waals surface area (Å²) < 4.78 is 11.2. The molecule has 0 saturated heterocycles. The Morgan fingerprint density at radius 1 is 1.23 bits per heavy atom. The van der Waals surface area contributed by atoms with Gasteiger partial charge in [-0.25, -0.2) is 4.98 Å². The molecule has 5 nitrogen and oxygen atoms in total. The van der Waals surface area contributed by atoms with Crippen molar-refractivity contribution in [1.82, 2.24) is 4.98 Å². The molecule has 0 unspecified atom stereocenters. The van der Waals surface area contributed by atoms with Gasteiger partial charge in [0.25, 0.3) is 0 Å². The normalized spacial score (nSPS) is 11.7. The summed E-state index contributed by atoms with van der Waals surface area (Å²) in [5.74, 6) is 0.426. The molecule has 0 spiro atoms. The maximum atomic E-state index is 12.1. The standard InChI is InChI=1S/C20H21ClN2O3/c1-20(2,3)19-23-16-10-14(8-9-17(16)26-19)22-18(24)12-25-11-13-6-4-5-7-15(13)21/h4-10H,11-12H2,1-3H3,(H,22,24). The Labute approximate surface area is 157 Å². The molecular formula is C20H21ClN2O3. The van der Waals surface area contributed by atoms with Crippen LogP contribution in [0.25, 0.3) is 11.1 Å². The zero-order valence-electron chi connectivity index (χ0n) is 15.0. The first kappa shape index (κ1) is 18.4. The number of carbonyl (C=O) groups excluding carboxylic acids is 1. The third-order valence-electron chi connectivity index (χ3n) is 3.76. The van der Waals surface area contributed by atoms with E-state index >= 15 is 0 Å². The molecule has 136 valence electrons. The van der Waals surface area contributed by atoms with Gasteiger partial charge in [-0.15, -0.1) is 0 Å². The molecule has 0 aliphatic rings. The molecule has 2 aromatic carbocycles. The molecule has 6 heteroatoms. The molecule has 0 aliphatic heterocycles. The highest BCUT2D eigenvalue weighted by Crippen LogP contribution is 2.27. The maximum Gasteiger partial charge on any atom is 0.250 e. The third-order valence-corrected chi connectivity index (χ3v) is 4.13. The highest BCUT2D eigenvalue weighted by Gasteiger charge is 2.21. The maximum absolute atomic E-state index is 12.1. The molecule has 1 N–H and O–H groups in total. The van der Waals surface area contributed by atoms with Crippen LogP contribution in [0, 0.1) is 0 Å². The number of fused-ring (bicyclic) bond motifs is 1. The van der Waals surface area contributed by atoms with Crippen molar-refractivity contribution in [3.63, 3.8) is 0 Å². The quantitative estimate of drug-likeness (QED) is 0.689. The Bertz CT molecular complexity index is 928. The fourth-order valence-corrected chi connectivity index (χ4v) is 2.58. The van der Waals surface area contributed by atoms with Gasteiger partial charge in [-0.3, -0.25) is 4.79 Å². The molecule has 1 aromatic heterocycles. The van der Waals surface area contributed by atoms with Crippen LogP contribution in [-0.4, -0.2) is 17.5 Å². The number of benzene rings is 2. The van der Waals surface area contributed by atoms with Gasteiger partial charge in [0.1, 0.15) is 12.1 Å². The summed E-state index contributed by atoms with van der Waals surface area (Å²) in [6.07, 6.45) is 0. The van der Waals surface area contributed by atoms with Crippen LogP contribution in [0.1, 0.15) is 32.2 Å². The average molecular weight is 373 g/mol. The van der Waals surface area contributed by atoms with E-state index in [0.29, 0.717) is 27.7 Å². The second kappa shape index (κ2) is 7.48. The first-order chi connectivity index (χ1) is 12.3. The first-order valence-electron chi connectivity index (χ1n) is 8.35. The number of amides is 1. The summed E-state index contributed by atoms with van der Waals surface area (Å²) in [5, 5.41) is 3.43. The monoisotopic (exact) mass is 372 g/mol. The number of hydrogen-bond acceptors (Lipinski definition) is 4. The van der Waals surface area contributed by atoms with Crippen LogP contribution < -0.4 is 5.32 Å². The summed E-state index contributed by atoms with van der Waals surface area (Å²) in [6, 6.07) is 12.8. The van der Waals surface area contributed by atoms with E-state index in [4.69, 9.17) is 20.8 Å². The van der Waals surface area contributed by atoms with Crippen molar-refractivity contribution in [2.24, 2.45) is 0 Å². The average Bonchev–Trinajstić information content (AvgIpc) is 3.00. The molecule has 0 fully saturated rings. The molecule has 3 aromatic rings. The van der Waals surface area contributed by atoms with Gasteiger partial charge in [-0.05, 0) is 29.8 Å². The minimum absolute atomic E-state index is 0.0602. The number of hydrogen-bond donors (Lipinski definition) is 1. The van der Waals surface area contributed by atoms with Crippen molar-refractivity contribution in [2.45, 2.75) is 32.8 Å². The van der Waals surface area contributed by atoms with E-state index in [2.05, 4.69) is 10.3 Å². The Kier molecular flexibility index (Phi) is 5.30. The topological polar surface area (TPSA) is 64.4 Å². The van der Waals surface area contributed by atoms with Gasteiger partial charge in [0.2, 0.25) is 11.8 Å². The van der Waals surface area contributed by atoms with E-state index in [1.54, 1.807) is 24.3 Å². The summed E-state index contributed by atoms with van der Waals surface area (Å²) in [4.78, 5) is 16.6. The van der Waals surface area contributed by atoms with E-state index in [0.717, 1.165) is 5.56 Å². The Morgan fingerprint density at radius 3 is 2.73 bits per heavy atom. The van der Waals surface area contributed by atoms with Crippen molar-refractivity contribution in [3.05, 3.63) is 58.9 Å². The van der Waals surface area contributed by atoms with Crippen LogP contribution in [0.5, 0.6) is 0 Å². The lowest BCUT2D eigenvalue weighted by Crippen LogP contribution is -2.18. The number of anilines is 1. The Morgan fingerprint density at radius 2 is 2.00 bits per heavy atom. The second-order valence-corrected chi connectivity index (χ2v) is 7.49. The minimum atomic E-state index is -0.240. The second-order valence-electron chi connectivity index (χ2n) is 7.08. The van der Waals surface area contributed by atoms with Crippen LogP contribution in [0.3, 0.4) is 0 Å². The molecule has 1 amide bonds. The molecule has 26 heavy (non-hydrogen) atoms. The summed E-state index contributed by atoms with van der Waals surface area (Å²) >= 11 is 6.06. The van der Waals surface area contributed by atoms with Gasteiger partial charge in [0.05, 0.1) is 6.61 Å². The smallest absolute Gasteiger partial charge is 0.250 e. The van der Waals surface area contributed by atoms with Crippen LogP contribution in [0.15, 0.2) is 46.9 Å². The molecule has 0 bridgehead atoms. The third kappa shape index (κ3) is 4.42. The number of aromatic nitrogens is 1. The predicted molar refractivity (Wildman–Crippen MR) is 102 cm³/mol. The molecule has 0 aliphatic carbocycles. The van der Waals surface area contributed by atoms with Gasteiger partial charge in [-0.2, -0.15) is 0 Å². The van der Waals surface area contributed by atoms with Crippen molar-refractivity contribution in [2.75, 3.05) is 11.9 Å². The summed E-state index contributed by atoms with van der Waals surface area (Å²) in [6.45, 7) is 6.34. The van der Waals surface area contributed by atoms with Crippen molar-refractivity contribution < 1.29 is 13.9 Å². The van der Waals surface area contributed by atoms with Crippen LogP contribution in [0.4, 0.5) is 5.69 Å². The molecule has 0 saturated carbocycles. The number of nitrogens with zero attached hydrogens (tertiary/aromatic N) is 1. The Hall–Kier alpha value is -2.37. The summed E-state index contributed by atoms with van der Waals surface area (Å²) in [7, 11) is 0. The van der Waals surface area contributed by atoms with Gasteiger partial charge in [-0.1, -0.05) is 50.6 Å².